The maximum Gasteiger partial charge on any atom is 0.299 e. The summed E-state index contributed by atoms with van der Waals surface area (Å²) < 4.78 is 18.0. The molecule has 2 aromatic heterocycles. The van der Waals surface area contributed by atoms with Gasteiger partial charge in [-0.3, -0.25) is 14.3 Å². The maximum absolute atomic E-state index is 13.4. The number of hydrogen-bond donors (Lipinski definition) is 0. The van der Waals surface area contributed by atoms with E-state index in [4.69, 9.17) is 0 Å². The topological polar surface area (TPSA) is 86.5 Å². The molecule has 0 spiro atoms. The standard InChI is InChI=1S/C26H25FN6O2/c1-16-22(25(35)33(31(16)4)19-8-6-5-7-9-19)28-29-23-20-14-26(2,3)15-21(23)32(30-20)24(34)17-10-12-18(27)13-11-17/h5-13H,14-15H2,1-4H3. The number of carbonyl (C=O) groups excluding carboxylic acids is 1. The van der Waals surface area contributed by atoms with Crippen LogP contribution in [0.1, 0.15) is 41.3 Å². The third kappa shape index (κ3) is 3.92. The Morgan fingerprint density at radius 3 is 2.34 bits per heavy atom. The van der Waals surface area contributed by atoms with Gasteiger partial charge in [0, 0.05) is 12.6 Å². The fourth-order valence-corrected chi connectivity index (χ4v) is 4.51. The molecule has 2 bridgehead atoms. The summed E-state index contributed by atoms with van der Waals surface area (Å²) in [5.74, 6) is -0.773. The van der Waals surface area contributed by atoms with Crippen LogP contribution in [0, 0.1) is 18.2 Å². The summed E-state index contributed by atoms with van der Waals surface area (Å²) in [6.07, 6.45) is 1.17. The fourth-order valence-electron chi connectivity index (χ4n) is 4.51. The van der Waals surface area contributed by atoms with Crippen LogP contribution in [-0.4, -0.2) is 25.1 Å². The fraction of sp³-hybridized carbons (Fsp3) is 0.269. The first-order valence-corrected chi connectivity index (χ1v) is 11.3. The van der Waals surface area contributed by atoms with Crippen molar-refractivity contribution in [2.75, 3.05) is 0 Å². The molecular weight excluding hydrogens is 447 g/mol. The van der Waals surface area contributed by atoms with Crippen LogP contribution in [0.2, 0.25) is 0 Å². The van der Waals surface area contributed by atoms with Gasteiger partial charge in [-0.2, -0.15) is 9.78 Å². The molecule has 1 aliphatic carbocycles. The Balaban J connectivity index is 1.58. The highest BCUT2D eigenvalue weighted by Crippen LogP contribution is 2.41. The first kappa shape index (κ1) is 22.6. The Labute approximate surface area is 201 Å². The highest BCUT2D eigenvalue weighted by atomic mass is 19.1. The lowest BCUT2D eigenvalue weighted by atomic mass is 9.79. The largest absolute Gasteiger partial charge is 0.299 e. The van der Waals surface area contributed by atoms with E-state index in [9.17, 15) is 14.0 Å². The van der Waals surface area contributed by atoms with E-state index < -0.39 is 5.82 Å². The van der Waals surface area contributed by atoms with Crippen molar-refractivity contribution in [3.05, 3.63) is 93.4 Å². The number of hydrogen-bond acceptors (Lipinski definition) is 5. The van der Waals surface area contributed by atoms with E-state index in [2.05, 4.69) is 29.2 Å². The molecule has 9 heteroatoms. The van der Waals surface area contributed by atoms with E-state index in [1.807, 2.05) is 37.3 Å². The number of nitrogens with zero attached hydrogens (tertiary/aromatic N) is 6. The summed E-state index contributed by atoms with van der Waals surface area (Å²) in [6, 6.07) is 14.7. The summed E-state index contributed by atoms with van der Waals surface area (Å²) in [6.45, 7) is 6.01. The van der Waals surface area contributed by atoms with Crippen molar-refractivity contribution in [2.45, 2.75) is 33.6 Å². The van der Waals surface area contributed by atoms with E-state index in [1.54, 1.807) is 16.4 Å². The molecule has 8 nitrogen and oxygen atoms in total. The zero-order chi connectivity index (χ0) is 24.9. The average molecular weight is 473 g/mol. The van der Waals surface area contributed by atoms with Gasteiger partial charge in [0.05, 0.1) is 22.8 Å². The number of rotatable bonds is 4. The number of fused-ring (bicyclic) bond motifs is 2. The van der Waals surface area contributed by atoms with E-state index in [0.29, 0.717) is 41.2 Å². The minimum Gasteiger partial charge on any atom is -0.283 e. The van der Waals surface area contributed by atoms with Crippen LogP contribution in [-0.2, 0) is 19.9 Å². The van der Waals surface area contributed by atoms with Gasteiger partial charge in [-0.05, 0) is 61.6 Å². The molecule has 0 aliphatic heterocycles. The van der Waals surface area contributed by atoms with Gasteiger partial charge in [-0.15, -0.1) is 10.2 Å². The predicted octanol–water partition coefficient (Wildman–Crippen LogP) is 5.05. The van der Waals surface area contributed by atoms with Crippen LogP contribution < -0.4 is 5.56 Å². The van der Waals surface area contributed by atoms with Crippen LogP contribution in [0.5, 0.6) is 0 Å². The second-order valence-corrected chi connectivity index (χ2v) is 9.59. The number of para-hydroxylation sites is 1. The molecule has 0 atom stereocenters. The van der Waals surface area contributed by atoms with Gasteiger partial charge in [0.1, 0.15) is 11.5 Å². The lowest BCUT2D eigenvalue weighted by molar-refractivity contribution is 0.0941. The molecule has 35 heavy (non-hydrogen) atoms. The Morgan fingerprint density at radius 1 is 1.00 bits per heavy atom. The molecule has 1 aliphatic rings. The second kappa shape index (κ2) is 8.26. The highest BCUT2D eigenvalue weighted by Gasteiger charge is 2.35. The quantitative estimate of drug-likeness (QED) is 0.390. The van der Waals surface area contributed by atoms with Crippen LogP contribution in [0.25, 0.3) is 5.69 Å². The zero-order valence-corrected chi connectivity index (χ0v) is 20.0. The predicted molar refractivity (Wildman–Crippen MR) is 129 cm³/mol. The summed E-state index contributed by atoms with van der Waals surface area (Å²) in [4.78, 5) is 26.4. The Bertz CT molecular complexity index is 1520. The van der Waals surface area contributed by atoms with Gasteiger partial charge in [0.2, 0.25) is 0 Å². The summed E-state index contributed by atoms with van der Waals surface area (Å²) in [7, 11) is 1.80. The molecule has 2 heterocycles. The average Bonchev–Trinajstić information content (AvgIpc) is 3.18. The van der Waals surface area contributed by atoms with Crippen LogP contribution in [0.3, 0.4) is 0 Å². The minimum absolute atomic E-state index is 0.117. The van der Waals surface area contributed by atoms with Crippen molar-refractivity contribution in [2.24, 2.45) is 22.7 Å². The Hall–Kier alpha value is -4.14. The number of halogens is 1. The number of benzene rings is 2. The van der Waals surface area contributed by atoms with Crippen molar-refractivity contribution in [1.29, 1.82) is 0 Å². The molecule has 0 fully saturated rings. The van der Waals surface area contributed by atoms with Crippen molar-refractivity contribution >= 4 is 17.3 Å². The van der Waals surface area contributed by atoms with Gasteiger partial charge < -0.3 is 0 Å². The second-order valence-electron chi connectivity index (χ2n) is 9.59. The van der Waals surface area contributed by atoms with E-state index in [-0.39, 0.29) is 22.6 Å². The van der Waals surface area contributed by atoms with Crippen LogP contribution in [0.15, 0.2) is 69.6 Å². The summed E-state index contributed by atoms with van der Waals surface area (Å²) >= 11 is 0. The molecule has 4 aromatic rings. The highest BCUT2D eigenvalue weighted by molar-refractivity contribution is 5.96. The van der Waals surface area contributed by atoms with Crippen LogP contribution in [0.4, 0.5) is 15.8 Å². The van der Waals surface area contributed by atoms with Gasteiger partial charge >= 0.3 is 0 Å². The number of aromatic nitrogens is 4. The van der Waals surface area contributed by atoms with Crippen molar-refractivity contribution < 1.29 is 9.18 Å². The molecule has 0 N–H and O–H groups in total. The molecule has 0 radical (unpaired) electrons. The zero-order valence-electron chi connectivity index (χ0n) is 20.0. The van der Waals surface area contributed by atoms with E-state index in [0.717, 1.165) is 5.69 Å². The Morgan fingerprint density at radius 2 is 1.66 bits per heavy atom. The normalized spacial score (nSPS) is 14.5. The van der Waals surface area contributed by atoms with Crippen molar-refractivity contribution in [3.8, 4) is 5.69 Å². The van der Waals surface area contributed by atoms with Crippen molar-refractivity contribution in [1.82, 2.24) is 19.1 Å². The first-order valence-electron chi connectivity index (χ1n) is 11.3. The van der Waals surface area contributed by atoms with E-state index in [1.165, 1.54) is 28.9 Å². The minimum atomic E-state index is -0.415. The molecule has 178 valence electrons. The lowest BCUT2D eigenvalue weighted by Gasteiger charge is -2.26. The SMILES string of the molecule is Cc1c(N=Nc2c3nn(C(=O)c4ccc(F)cc4)c2CC(C)(C)C3)c(=O)n(-c2ccccc2)n1C. The monoisotopic (exact) mass is 472 g/mol. The number of azo groups is 1. The van der Waals surface area contributed by atoms with Crippen molar-refractivity contribution in [3.63, 3.8) is 0 Å². The van der Waals surface area contributed by atoms with Gasteiger partial charge in [-0.25, -0.2) is 9.07 Å². The van der Waals surface area contributed by atoms with Crippen LogP contribution >= 0.6 is 0 Å². The van der Waals surface area contributed by atoms with Gasteiger partial charge in [0.25, 0.3) is 11.5 Å². The number of carbonyl (C=O) groups is 1. The lowest BCUT2D eigenvalue weighted by Crippen LogP contribution is -2.23. The summed E-state index contributed by atoms with van der Waals surface area (Å²) in [5, 5.41) is 13.3. The first-order chi connectivity index (χ1) is 16.7. The molecule has 0 unspecified atom stereocenters. The third-order valence-electron chi connectivity index (χ3n) is 6.37. The van der Waals surface area contributed by atoms with E-state index >= 15 is 0 Å². The molecule has 0 saturated carbocycles. The third-order valence-corrected chi connectivity index (χ3v) is 6.37. The maximum atomic E-state index is 13.4. The molecular formula is C26H25FN6O2. The Kier molecular flexibility index (Phi) is 5.35. The molecule has 0 saturated heterocycles. The smallest absolute Gasteiger partial charge is 0.283 e. The van der Waals surface area contributed by atoms with Gasteiger partial charge in [0.15, 0.2) is 5.69 Å². The molecule has 2 aromatic carbocycles. The summed E-state index contributed by atoms with van der Waals surface area (Å²) in [5.41, 5.74) is 3.33. The molecule has 0 amide bonds. The molecule has 5 rings (SSSR count). The van der Waals surface area contributed by atoms with Gasteiger partial charge in [-0.1, -0.05) is 32.0 Å².